The van der Waals surface area contributed by atoms with E-state index in [-0.39, 0.29) is 6.04 Å². The first kappa shape index (κ1) is 14.8. The molecule has 0 bridgehead atoms. The Morgan fingerprint density at radius 2 is 2.35 bits per heavy atom. The standard InChI is InChI=1S/C12H17ClN4O3/c1-19-7-10-15-9(13)5-11(16-10)17-4-3-8(6-17)14-12(18)20-2/h5,8H,3-4,6-7H2,1-2H3,(H,14,18). The number of carbonyl (C=O) groups is 1. The number of hydrogen-bond donors (Lipinski definition) is 1. The summed E-state index contributed by atoms with van der Waals surface area (Å²) in [6.07, 6.45) is 0.411. The monoisotopic (exact) mass is 300 g/mol. The van der Waals surface area contributed by atoms with E-state index in [0.29, 0.717) is 24.1 Å². The molecule has 20 heavy (non-hydrogen) atoms. The number of halogens is 1. The topological polar surface area (TPSA) is 76.6 Å². The van der Waals surface area contributed by atoms with Crippen molar-refractivity contribution in [2.24, 2.45) is 0 Å². The summed E-state index contributed by atoms with van der Waals surface area (Å²) in [5.74, 6) is 1.28. The summed E-state index contributed by atoms with van der Waals surface area (Å²) in [5.41, 5.74) is 0. The number of amides is 1. The lowest BCUT2D eigenvalue weighted by Gasteiger charge is -2.18. The minimum absolute atomic E-state index is 0.0436. The van der Waals surface area contributed by atoms with Gasteiger partial charge in [-0.05, 0) is 6.42 Å². The third-order valence-corrected chi connectivity index (χ3v) is 3.21. The summed E-state index contributed by atoms with van der Waals surface area (Å²) in [7, 11) is 2.93. The zero-order valence-corrected chi connectivity index (χ0v) is 12.2. The highest BCUT2D eigenvalue weighted by Gasteiger charge is 2.25. The van der Waals surface area contributed by atoms with Crippen LogP contribution in [0.2, 0.25) is 5.15 Å². The minimum atomic E-state index is -0.419. The van der Waals surface area contributed by atoms with Gasteiger partial charge in [-0.3, -0.25) is 0 Å². The Morgan fingerprint density at radius 1 is 1.55 bits per heavy atom. The zero-order chi connectivity index (χ0) is 14.5. The molecule has 0 spiro atoms. The van der Waals surface area contributed by atoms with Gasteiger partial charge in [-0.25, -0.2) is 14.8 Å². The van der Waals surface area contributed by atoms with Crippen LogP contribution in [0.3, 0.4) is 0 Å². The predicted molar refractivity (Wildman–Crippen MR) is 73.9 cm³/mol. The van der Waals surface area contributed by atoms with Crippen molar-refractivity contribution < 1.29 is 14.3 Å². The molecule has 1 fully saturated rings. The number of ether oxygens (including phenoxy) is 2. The number of rotatable bonds is 4. The molecule has 0 saturated carbocycles. The van der Waals surface area contributed by atoms with Crippen molar-refractivity contribution in [2.75, 3.05) is 32.2 Å². The van der Waals surface area contributed by atoms with Crippen LogP contribution in [-0.4, -0.2) is 49.4 Å². The van der Waals surface area contributed by atoms with Gasteiger partial charge < -0.3 is 19.7 Å². The molecule has 1 aliphatic heterocycles. The van der Waals surface area contributed by atoms with Gasteiger partial charge in [0.05, 0.1) is 13.2 Å². The maximum Gasteiger partial charge on any atom is 0.407 e. The summed E-state index contributed by atoms with van der Waals surface area (Å²) in [5, 5.41) is 3.16. The Bertz CT molecular complexity index is 486. The first-order valence-corrected chi connectivity index (χ1v) is 6.62. The van der Waals surface area contributed by atoms with E-state index in [1.54, 1.807) is 13.2 Å². The quantitative estimate of drug-likeness (QED) is 0.842. The van der Waals surface area contributed by atoms with Crippen LogP contribution in [-0.2, 0) is 16.1 Å². The van der Waals surface area contributed by atoms with Gasteiger partial charge in [-0.2, -0.15) is 0 Å². The molecule has 1 aliphatic rings. The smallest absolute Gasteiger partial charge is 0.407 e. The Kier molecular flexibility index (Phi) is 4.97. The molecule has 1 aromatic heterocycles. The molecule has 0 radical (unpaired) electrons. The number of hydrogen-bond acceptors (Lipinski definition) is 6. The van der Waals surface area contributed by atoms with Crippen LogP contribution >= 0.6 is 11.6 Å². The van der Waals surface area contributed by atoms with E-state index in [0.717, 1.165) is 18.8 Å². The fourth-order valence-corrected chi connectivity index (χ4v) is 2.31. The number of aromatic nitrogens is 2. The van der Waals surface area contributed by atoms with Crippen LogP contribution in [0.1, 0.15) is 12.2 Å². The summed E-state index contributed by atoms with van der Waals surface area (Å²) in [6.45, 7) is 1.76. The van der Waals surface area contributed by atoms with Gasteiger partial charge in [0.2, 0.25) is 0 Å². The second-order valence-corrected chi connectivity index (χ2v) is 4.85. The largest absolute Gasteiger partial charge is 0.453 e. The molecular formula is C12H17ClN4O3. The van der Waals surface area contributed by atoms with E-state index in [1.807, 2.05) is 4.90 Å². The van der Waals surface area contributed by atoms with Crippen molar-refractivity contribution >= 4 is 23.5 Å². The van der Waals surface area contributed by atoms with Gasteiger partial charge in [0.1, 0.15) is 17.6 Å². The zero-order valence-electron chi connectivity index (χ0n) is 11.4. The number of nitrogens with one attached hydrogen (secondary N) is 1. The molecule has 1 unspecified atom stereocenters. The van der Waals surface area contributed by atoms with Gasteiger partial charge in [-0.1, -0.05) is 11.6 Å². The van der Waals surface area contributed by atoms with Crippen LogP contribution in [0.25, 0.3) is 0 Å². The molecule has 8 heteroatoms. The van der Waals surface area contributed by atoms with Crippen LogP contribution in [0.4, 0.5) is 10.6 Å². The van der Waals surface area contributed by atoms with E-state index >= 15 is 0 Å². The predicted octanol–water partition coefficient (Wildman–Crippen LogP) is 1.21. The van der Waals surface area contributed by atoms with Crippen molar-refractivity contribution in [2.45, 2.75) is 19.1 Å². The van der Waals surface area contributed by atoms with Crippen LogP contribution < -0.4 is 10.2 Å². The summed E-state index contributed by atoms with van der Waals surface area (Å²) < 4.78 is 9.60. The fourth-order valence-electron chi connectivity index (χ4n) is 2.12. The molecule has 1 amide bonds. The fraction of sp³-hybridized carbons (Fsp3) is 0.583. The van der Waals surface area contributed by atoms with Crippen molar-refractivity contribution in [3.05, 3.63) is 17.0 Å². The molecule has 1 aromatic rings. The molecule has 2 rings (SSSR count). The van der Waals surface area contributed by atoms with Gasteiger partial charge in [-0.15, -0.1) is 0 Å². The highest BCUT2D eigenvalue weighted by atomic mass is 35.5. The van der Waals surface area contributed by atoms with Gasteiger partial charge in [0.15, 0.2) is 5.82 Å². The van der Waals surface area contributed by atoms with E-state index in [9.17, 15) is 4.79 Å². The summed E-state index contributed by atoms with van der Waals surface area (Å²) in [4.78, 5) is 21.7. The number of carbonyl (C=O) groups excluding carboxylic acids is 1. The van der Waals surface area contributed by atoms with Crippen LogP contribution in [0.15, 0.2) is 6.07 Å². The molecule has 110 valence electrons. The Hall–Kier alpha value is -1.60. The Balaban J connectivity index is 2.04. The first-order chi connectivity index (χ1) is 9.62. The second kappa shape index (κ2) is 6.71. The highest BCUT2D eigenvalue weighted by Crippen LogP contribution is 2.21. The van der Waals surface area contributed by atoms with Crippen molar-refractivity contribution in [3.63, 3.8) is 0 Å². The highest BCUT2D eigenvalue weighted by molar-refractivity contribution is 6.29. The number of methoxy groups -OCH3 is 2. The van der Waals surface area contributed by atoms with Crippen molar-refractivity contribution in [1.29, 1.82) is 0 Å². The molecular weight excluding hydrogens is 284 g/mol. The van der Waals surface area contributed by atoms with Crippen LogP contribution in [0.5, 0.6) is 0 Å². The van der Waals surface area contributed by atoms with Gasteiger partial charge >= 0.3 is 6.09 Å². The number of alkyl carbamates (subject to hydrolysis) is 1. The third kappa shape index (κ3) is 3.71. The minimum Gasteiger partial charge on any atom is -0.453 e. The van der Waals surface area contributed by atoms with E-state index in [4.69, 9.17) is 16.3 Å². The number of nitrogens with zero attached hydrogens (tertiary/aromatic N) is 3. The lowest BCUT2D eigenvalue weighted by atomic mass is 10.3. The lowest BCUT2D eigenvalue weighted by molar-refractivity contribution is 0.167. The summed E-state index contributed by atoms with van der Waals surface area (Å²) in [6, 6.07) is 1.75. The molecule has 1 N–H and O–H groups in total. The van der Waals surface area contributed by atoms with Crippen LogP contribution in [0, 0.1) is 0 Å². The van der Waals surface area contributed by atoms with Crippen molar-refractivity contribution in [1.82, 2.24) is 15.3 Å². The normalized spacial score (nSPS) is 18.1. The maximum absolute atomic E-state index is 11.2. The summed E-state index contributed by atoms with van der Waals surface area (Å²) >= 11 is 5.98. The Morgan fingerprint density at radius 3 is 3.05 bits per heavy atom. The SMILES string of the molecule is COCc1nc(Cl)cc(N2CCC(NC(=O)OC)C2)n1. The Labute approximate surface area is 122 Å². The van der Waals surface area contributed by atoms with E-state index in [1.165, 1.54) is 7.11 Å². The van der Waals surface area contributed by atoms with Crippen molar-refractivity contribution in [3.8, 4) is 0 Å². The van der Waals surface area contributed by atoms with E-state index in [2.05, 4.69) is 20.0 Å². The molecule has 7 nitrogen and oxygen atoms in total. The lowest BCUT2D eigenvalue weighted by Crippen LogP contribution is -2.37. The second-order valence-electron chi connectivity index (χ2n) is 4.47. The first-order valence-electron chi connectivity index (χ1n) is 6.24. The van der Waals surface area contributed by atoms with E-state index < -0.39 is 6.09 Å². The molecule has 2 heterocycles. The van der Waals surface area contributed by atoms with Gasteiger partial charge in [0, 0.05) is 26.3 Å². The third-order valence-electron chi connectivity index (χ3n) is 3.02. The number of anilines is 1. The average molecular weight is 301 g/mol. The maximum atomic E-state index is 11.2. The molecule has 0 aliphatic carbocycles. The molecule has 1 saturated heterocycles. The van der Waals surface area contributed by atoms with Gasteiger partial charge in [0.25, 0.3) is 0 Å². The molecule has 1 atom stereocenters. The molecule has 0 aromatic carbocycles. The average Bonchev–Trinajstić information content (AvgIpc) is 2.87.